The van der Waals surface area contributed by atoms with Crippen LogP contribution in [0, 0.1) is 0 Å². The Morgan fingerprint density at radius 2 is 1.73 bits per heavy atom. The Hall–Kier alpha value is -3.19. The van der Waals surface area contributed by atoms with Gasteiger partial charge in [0.25, 0.3) is 5.91 Å². The van der Waals surface area contributed by atoms with Crippen LogP contribution in [0.15, 0.2) is 59.1 Å². The van der Waals surface area contributed by atoms with Crippen molar-refractivity contribution in [3.63, 3.8) is 0 Å². The minimum atomic E-state index is 0.0702. The monoisotopic (exact) mass is 405 g/mol. The number of piperazine rings is 1. The maximum Gasteiger partial charge on any atom is 0.256 e. The minimum absolute atomic E-state index is 0.0702. The van der Waals surface area contributed by atoms with Crippen LogP contribution in [0.1, 0.15) is 29.0 Å². The van der Waals surface area contributed by atoms with Gasteiger partial charge in [-0.1, -0.05) is 42.4 Å². The predicted octanol–water partition coefficient (Wildman–Crippen LogP) is 3.36. The lowest BCUT2D eigenvalue weighted by atomic mass is 10.1. The molecule has 7 nitrogen and oxygen atoms in total. The number of amides is 1. The molecular weight excluding hydrogens is 378 g/mol. The Morgan fingerprint density at radius 3 is 2.43 bits per heavy atom. The number of nitrogens with zero attached hydrogens (tertiary/aromatic N) is 5. The highest BCUT2D eigenvalue weighted by atomic mass is 16.5. The largest absolute Gasteiger partial charge is 0.344 e. The summed E-state index contributed by atoms with van der Waals surface area (Å²) in [7, 11) is 1.99. The van der Waals surface area contributed by atoms with E-state index in [1.807, 2.05) is 73.5 Å². The normalized spacial score (nSPS) is 14.7. The number of aryl methyl sites for hydroxylation is 1. The molecule has 0 spiro atoms. The van der Waals surface area contributed by atoms with Crippen LogP contribution in [-0.2, 0) is 13.0 Å². The van der Waals surface area contributed by atoms with Gasteiger partial charge in [0.1, 0.15) is 0 Å². The van der Waals surface area contributed by atoms with E-state index in [1.54, 1.807) is 0 Å². The van der Waals surface area contributed by atoms with Crippen molar-refractivity contribution >= 4 is 17.3 Å². The summed E-state index contributed by atoms with van der Waals surface area (Å²) in [5.41, 5.74) is 2.69. The Labute approximate surface area is 176 Å². The molecule has 0 bridgehead atoms. The van der Waals surface area contributed by atoms with Crippen LogP contribution in [0.25, 0.3) is 0 Å². The fraction of sp³-hybridized carbons (Fsp3) is 0.348. The van der Waals surface area contributed by atoms with Gasteiger partial charge >= 0.3 is 0 Å². The van der Waals surface area contributed by atoms with E-state index in [-0.39, 0.29) is 5.91 Å². The summed E-state index contributed by atoms with van der Waals surface area (Å²) in [6.07, 6.45) is 0.742. The van der Waals surface area contributed by atoms with Crippen LogP contribution in [0.3, 0.4) is 0 Å². The Morgan fingerprint density at radius 1 is 1.03 bits per heavy atom. The number of aromatic nitrogens is 2. The molecule has 1 aliphatic rings. The first-order chi connectivity index (χ1) is 14.7. The maximum atomic E-state index is 13.3. The summed E-state index contributed by atoms with van der Waals surface area (Å²) in [6.45, 7) is 5.59. The van der Waals surface area contributed by atoms with Crippen LogP contribution < -0.4 is 4.90 Å². The number of hydrogen-bond acceptors (Lipinski definition) is 6. The highest BCUT2D eigenvalue weighted by Crippen LogP contribution is 2.28. The van der Waals surface area contributed by atoms with Crippen LogP contribution in [-0.4, -0.2) is 59.1 Å². The summed E-state index contributed by atoms with van der Waals surface area (Å²) in [4.78, 5) is 23.9. The third-order valence-corrected chi connectivity index (χ3v) is 5.48. The lowest BCUT2D eigenvalue weighted by molar-refractivity contribution is 0.0625. The molecule has 1 aromatic heterocycles. The number of carbonyl (C=O) groups excluding carboxylic acids is 1. The van der Waals surface area contributed by atoms with Gasteiger partial charge in [0.15, 0.2) is 5.82 Å². The van der Waals surface area contributed by atoms with E-state index in [1.165, 1.54) is 0 Å². The third kappa shape index (κ3) is 4.36. The van der Waals surface area contributed by atoms with Crippen molar-refractivity contribution in [1.82, 2.24) is 19.9 Å². The average molecular weight is 406 g/mol. The highest BCUT2D eigenvalue weighted by molar-refractivity contribution is 6.00. The van der Waals surface area contributed by atoms with E-state index in [0.29, 0.717) is 31.3 Å². The van der Waals surface area contributed by atoms with Crippen molar-refractivity contribution in [1.29, 1.82) is 0 Å². The number of carbonyl (C=O) groups is 1. The fourth-order valence-electron chi connectivity index (χ4n) is 3.72. The van der Waals surface area contributed by atoms with Gasteiger partial charge in [-0.2, -0.15) is 4.98 Å². The molecule has 1 saturated heterocycles. The summed E-state index contributed by atoms with van der Waals surface area (Å²) in [6, 6.07) is 17.9. The molecule has 0 atom stereocenters. The van der Waals surface area contributed by atoms with Gasteiger partial charge in [0.2, 0.25) is 5.89 Å². The Balaban J connectivity index is 1.42. The van der Waals surface area contributed by atoms with Crippen LogP contribution >= 0.6 is 0 Å². The van der Waals surface area contributed by atoms with Crippen LogP contribution in [0.4, 0.5) is 11.4 Å². The number of benzene rings is 2. The van der Waals surface area contributed by atoms with Gasteiger partial charge in [0.05, 0.1) is 17.8 Å². The SMILES string of the molecule is CCc1nc(CN2CCN(C(=O)c3ccccc3N(C)c3ccccc3)CC2)no1. The summed E-state index contributed by atoms with van der Waals surface area (Å²) < 4.78 is 5.19. The zero-order chi connectivity index (χ0) is 20.9. The van der Waals surface area contributed by atoms with E-state index in [0.717, 1.165) is 36.4 Å². The van der Waals surface area contributed by atoms with Gasteiger partial charge in [-0.15, -0.1) is 0 Å². The molecule has 0 saturated carbocycles. The van der Waals surface area contributed by atoms with E-state index >= 15 is 0 Å². The average Bonchev–Trinajstić information content (AvgIpc) is 3.27. The van der Waals surface area contributed by atoms with E-state index < -0.39 is 0 Å². The van der Waals surface area contributed by atoms with E-state index in [2.05, 4.69) is 19.9 Å². The minimum Gasteiger partial charge on any atom is -0.344 e. The molecule has 1 aliphatic heterocycles. The number of hydrogen-bond donors (Lipinski definition) is 0. The van der Waals surface area contributed by atoms with Crippen LogP contribution in [0.5, 0.6) is 0 Å². The Bertz CT molecular complexity index is 980. The van der Waals surface area contributed by atoms with Crippen molar-refractivity contribution < 1.29 is 9.32 Å². The molecular formula is C23H27N5O2. The predicted molar refractivity (Wildman–Crippen MR) is 116 cm³/mol. The topological polar surface area (TPSA) is 65.7 Å². The van der Waals surface area contributed by atoms with Gasteiger partial charge in [-0.05, 0) is 24.3 Å². The first kappa shape index (κ1) is 20.1. The molecule has 0 N–H and O–H groups in total. The first-order valence-corrected chi connectivity index (χ1v) is 10.4. The molecule has 1 fully saturated rings. The molecule has 2 aromatic carbocycles. The standard InChI is InChI=1S/C23H27N5O2/c1-3-22-24-21(25-30-22)17-27-13-15-28(16-14-27)23(29)19-11-7-8-12-20(19)26(2)18-9-5-4-6-10-18/h4-12H,3,13-17H2,1-2H3. The fourth-order valence-corrected chi connectivity index (χ4v) is 3.72. The van der Waals surface area contributed by atoms with Crippen molar-refractivity contribution in [3.8, 4) is 0 Å². The summed E-state index contributed by atoms with van der Waals surface area (Å²) in [5, 5.41) is 4.03. The summed E-state index contributed by atoms with van der Waals surface area (Å²) >= 11 is 0. The number of anilines is 2. The maximum absolute atomic E-state index is 13.3. The van der Waals surface area contributed by atoms with Crippen molar-refractivity contribution in [2.24, 2.45) is 0 Å². The first-order valence-electron chi connectivity index (χ1n) is 10.4. The zero-order valence-corrected chi connectivity index (χ0v) is 17.5. The van der Waals surface area contributed by atoms with Crippen molar-refractivity contribution in [2.45, 2.75) is 19.9 Å². The van der Waals surface area contributed by atoms with E-state index in [9.17, 15) is 4.79 Å². The molecule has 0 unspecified atom stereocenters. The van der Waals surface area contributed by atoms with Crippen molar-refractivity contribution in [3.05, 3.63) is 71.9 Å². The van der Waals surface area contributed by atoms with Gasteiger partial charge in [-0.3, -0.25) is 9.69 Å². The molecule has 1 amide bonds. The second-order valence-electron chi connectivity index (χ2n) is 7.44. The number of rotatable bonds is 6. The van der Waals surface area contributed by atoms with Gasteiger partial charge in [-0.25, -0.2) is 0 Å². The molecule has 4 rings (SSSR count). The smallest absolute Gasteiger partial charge is 0.256 e. The second kappa shape index (κ2) is 9.09. The van der Waals surface area contributed by atoms with Crippen molar-refractivity contribution in [2.75, 3.05) is 38.1 Å². The molecule has 156 valence electrons. The number of para-hydroxylation sites is 2. The molecule has 2 heterocycles. The molecule has 3 aromatic rings. The molecule has 30 heavy (non-hydrogen) atoms. The third-order valence-electron chi connectivity index (χ3n) is 5.48. The van der Waals surface area contributed by atoms with E-state index in [4.69, 9.17) is 4.52 Å². The zero-order valence-electron chi connectivity index (χ0n) is 17.5. The van der Waals surface area contributed by atoms with Gasteiger partial charge in [0, 0.05) is 45.3 Å². The lowest BCUT2D eigenvalue weighted by Gasteiger charge is -2.35. The van der Waals surface area contributed by atoms with Crippen LogP contribution in [0.2, 0.25) is 0 Å². The Kier molecular flexibility index (Phi) is 6.09. The second-order valence-corrected chi connectivity index (χ2v) is 7.44. The summed E-state index contributed by atoms with van der Waals surface area (Å²) in [5.74, 6) is 1.44. The lowest BCUT2D eigenvalue weighted by Crippen LogP contribution is -2.48. The molecule has 0 radical (unpaired) electrons. The molecule has 7 heteroatoms. The van der Waals surface area contributed by atoms with Gasteiger partial charge < -0.3 is 14.3 Å². The quantitative estimate of drug-likeness (QED) is 0.627. The molecule has 0 aliphatic carbocycles. The highest BCUT2D eigenvalue weighted by Gasteiger charge is 2.25.